The van der Waals surface area contributed by atoms with Crippen LogP contribution in [0.2, 0.25) is 0 Å². The number of fused-ring (bicyclic) bond motifs is 1. The molecule has 1 aliphatic carbocycles. The summed E-state index contributed by atoms with van der Waals surface area (Å²) in [6, 6.07) is 18.1. The van der Waals surface area contributed by atoms with Crippen LogP contribution in [0.4, 0.5) is 0 Å². The third-order valence-corrected chi connectivity index (χ3v) is 7.02. The van der Waals surface area contributed by atoms with Crippen molar-refractivity contribution in [2.24, 2.45) is 7.05 Å². The minimum absolute atomic E-state index is 0.0444. The van der Waals surface area contributed by atoms with Crippen LogP contribution in [-0.4, -0.2) is 45.5 Å². The second kappa shape index (κ2) is 10.5. The van der Waals surface area contributed by atoms with Crippen molar-refractivity contribution < 1.29 is 23.7 Å². The summed E-state index contributed by atoms with van der Waals surface area (Å²) in [5.41, 5.74) is 3.98. The Hall–Kier alpha value is -3.71. The second-order valence-corrected chi connectivity index (χ2v) is 8.80. The first kappa shape index (κ1) is 25.4. The normalized spacial score (nSPS) is 18.7. The molecule has 190 valence electrons. The number of carbonyl (C=O) groups excluding carboxylic acids is 1. The smallest absolute Gasteiger partial charge is 0.216 e. The second-order valence-electron chi connectivity index (χ2n) is 8.80. The highest BCUT2D eigenvalue weighted by Gasteiger charge is 2.53. The van der Waals surface area contributed by atoms with Crippen LogP contribution in [0, 0.1) is 0 Å². The molecule has 7 nitrogen and oxygen atoms in total. The van der Waals surface area contributed by atoms with Crippen molar-refractivity contribution >= 4 is 12.0 Å². The molecule has 2 atom stereocenters. The number of amides is 1. The van der Waals surface area contributed by atoms with E-state index in [-0.39, 0.29) is 11.8 Å². The van der Waals surface area contributed by atoms with E-state index in [1.54, 1.807) is 28.4 Å². The molecular weight excluding hydrogens is 456 g/mol. The highest BCUT2D eigenvalue weighted by molar-refractivity contribution is 5.73. The Morgan fingerprint density at radius 1 is 0.944 bits per heavy atom. The first-order valence-corrected chi connectivity index (χ1v) is 11.9. The number of nitrogens with one attached hydrogen (secondary N) is 1. The van der Waals surface area contributed by atoms with E-state index < -0.39 is 5.60 Å². The van der Waals surface area contributed by atoms with E-state index in [1.165, 1.54) is 6.92 Å². The van der Waals surface area contributed by atoms with Crippen molar-refractivity contribution in [3.63, 3.8) is 0 Å². The Kier molecular flexibility index (Phi) is 7.40. The number of nitrogens with zero attached hydrogens (tertiary/aromatic N) is 1. The Morgan fingerprint density at radius 2 is 1.61 bits per heavy atom. The van der Waals surface area contributed by atoms with Crippen molar-refractivity contribution in [3.8, 4) is 11.5 Å². The predicted octanol–water partition coefficient (Wildman–Crippen LogP) is 4.40. The Balaban J connectivity index is 2.03. The van der Waals surface area contributed by atoms with Crippen molar-refractivity contribution in [3.05, 3.63) is 88.4 Å². The van der Waals surface area contributed by atoms with E-state index >= 15 is 0 Å². The van der Waals surface area contributed by atoms with Gasteiger partial charge in [0, 0.05) is 62.6 Å². The van der Waals surface area contributed by atoms with Crippen LogP contribution >= 0.6 is 0 Å². The van der Waals surface area contributed by atoms with E-state index in [9.17, 15) is 4.79 Å². The number of hydrogen-bond donors (Lipinski definition) is 1. The highest BCUT2D eigenvalue weighted by atomic mass is 16.5. The van der Waals surface area contributed by atoms with E-state index in [2.05, 4.69) is 22.0 Å². The van der Waals surface area contributed by atoms with Crippen molar-refractivity contribution in [1.29, 1.82) is 0 Å². The summed E-state index contributed by atoms with van der Waals surface area (Å²) in [6.45, 7) is 2.08. The number of ether oxygens (including phenoxy) is 4. The van der Waals surface area contributed by atoms with Gasteiger partial charge in [-0.2, -0.15) is 0 Å². The summed E-state index contributed by atoms with van der Waals surface area (Å²) in [7, 11) is 8.74. The lowest BCUT2D eigenvalue weighted by molar-refractivity contribution is -0.118. The summed E-state index contributed by atoms with van der Waals surface area (Å²) in [5, 5.41) is 2.90. The van der Waals surface area contributed by atoms with Gasteiger partial charge in [-0.15, -0.1) is 0 Å². The number of methoxy groups -OCH3 is 4. The van der Waals surface area contributed by atoms with Gasteiger partial charge in [0.15, 0.2) is 5.60 Å². The Labute approximate surface area is 212 Å². The van der Waals surface area contributed by atoms with Crippen LogP contribution in [-0.2, 0) is 33.3 Å². The van der Waals surface area contributed by atoms with Crippen molar-refractivity contribution in [1.82, 2.24) is 9.88 Å². The minimum Gasteiger partial charge on any atom is -0.498 e. The molecule has 2 unspecified atom stereocenters. The van der Waals surface area contributed by atoms with Crippen LogP contribution < -0.4 is 14.8 Å². The van der Waals surface area contributed by atoms with Gasteiger partial charge in [-0.25, -0.2) is 0 Å². The zero-order valence-corrected chi connectivity index (χ0v) is 21.8. The average Bonchev–Trinajstić information content (AvgIpc) is 3.21. The third-order valence-electron chi connectivity index (χ3n) is 7.02. The molecule has 0 bridgehead atoms. The molecule has 0 saturated heterocycles. The van der Waals surface area contributed by atoms with Crippen molar-refractivity contribution in [2.75, 3.05) is 35.0 Å². The van der Waals surface area contributed by atoms with E-state index in [4.69, 9.17) is 18.9 Å². The first-order chi connectivity index (χ1) is 17.4. The number of carbonyl (C=O) groups is 1. The highest BCUT2D eigenvalue weighted by Crippen LogP contribution is 2.57. The third kappa shape index (κ3) is 4.13. The van der Waals surface area contributed by atoms with Crippen LogP contribution in [0.1, 0.15) is 40.9 Å². The van der Waals surface area contributed by atoms with Gasteiger partial charge in [0.1, 0.15) is 17.3 Å². The van der Waals surface area contributed by atoms with Crippen LogP contribution in [0.3, 0.4) is 0 Å². The van der Waals surface area contributed by atoms with E-state index in [0.29, 0.717) is 24.5 Å². The molecule has 1 heterocycles. The monoisotopic (exact) mass is 490 g/mol. The summed E-state index contributed by atoms with van der Waals surface area (Å²) in [5.74, 6) is 1.76. The number of rotatable bonds is 9. The maximum Gasteiger partial charge on any atom is 0.216 e. The Bertz CT molecular complexity index is 1280. The van der Waals surface area contributed by atoms with Gasteiger partial charge in [0.05, 0.1) is 27.2 Å². The topological polar surface area (TPSA) is 71.0 Å². The molecule has 0 radical (unpaired) electrons. The molecule has 1 N–H and O–H groups in total. The molecule has 1 aliphatic rings. The molecule has 3 aromatic rings. The molecule has 0 fully saturated rings. The molecule has 1 aromatic heterocycles. The molecule has 2 aromatic carbocycles. The fourth-order valence-electron chi connectivity index (χ4n) is 5.38. The molecular formula is C29H34N2O5. The first-order valence-electron chi connectivity index (χ1n) is 11.9. The number of aromatic nitrogens is 1. The van der Waals surface area contributed by atoms with Gasteiger partial charge in [-0.1, -0.05) is 36.4 Å². The van der Waals surface area contributed by atoms with Crippen LogP contribution in [0.25, 0.3) is 6.08 Å². The van der Waals surface area contributed by atoms with Gasteiger partial charge < -0.3 is 28.8 Å². The molecule has 0 saturated carbocycles. The zero-order valence-electron chi connectivity index (χ0n) is 21.8. The van der Waals surface area contributed by atoms with E-state index in [0.717, 1.165) is 33.8 Å². The zero-order chi connectivity index (χ0) is 25.9. The maximum atomic E-state index is 11.5. The van der Waals surface area contributed by atoms with Gasteiger partial charge in [-0.05, 0) is 23.8 Å². The fraction of sp³-hybridized carbons (Fsp3) is 0.345. The standard InChI is InChI=1S/C29H34N2O5/c1-19(32)30-16-15-20-17-22-24(31(20)2)18-27(35-5)29(36-6,23-12-8-10-14-26(23)34-4)28(22)21-11-7-9-13-25(21)33-3/h7-14,17-18,28H,15-16H2,1-6H3,(H,30,32). The predicted molar refractivity (Wildman–Crippen MR) is 139 cm³/mol. The minimum atomic E-state index is -1.03. The number of hydrogen-bond acceptors (Lipinski definition) is 5. The Morgan fingerprint density at radius 3 is 2.25 bits per heavy atom. The summed E-state index contributed by atoms with van der Waals surface area (Å²) in [4.78, 5) is 11.5. The molecule has 36 heavy (non-hydrogen) atoms. The van der Waals surface area contributed by atoms with Gasteiger partial charge in [0.25, 0.3) is 0 Å². The average molecular weight is 491 g/mol. The maximum absolute atomic E-state index is 11.5. The largest absolute Gasteiger partial charge is 0.498 e. The summed E-state index contributed by atoms with van der Waals surface area (Å²) >= 11 is 0. The lowest BCUT2D eigenvalue weighted by atomic mass is 9.68. The van der Waals surface area contributed by atoms with Gasteiger partial charge >= 0.3 is 0 Å². The molecule has 7 heteroatoms. The van der Waals surface area contributed by atoms with Crippen molar-refractivity contribution in [2.45, 2.75) is 24.9 Å². The fourth-order valence-corrected chi connectivity index (χ4v) is 5.38. The van der Waals surface area contributed by atoms with Crippen LogP contribution in [0.15, 0.2) is 60.4 Å². The van der Waals surface area contributed by atoms with Crippen LogP contribution in [0.5, 0.6) is 11.5 Å². The van der Waals surface area contributed by atoms with E-state index in [1.807, 2.05) is 55.6 Å². The molecule has 1 amide bonds. The number of para-hydroxylation sites is 2. The summed E-state index contributed by atoms with van der Waals surface area (Å²) in [6.07, 6.45) is 2.73. The SMILES string of the molecule is COC1=Cc2c(cc(CCNC(C)=O)n2C)C(c2ccccc2OC)C1(OC)c1ccccc1OC. The quantitative estimate of drug-likeness (QED) is 0.482. The van der Waals surface area contributed by atoms with Gasteiger partial charge in [-0.3, -0.25) is 4.79 Å². The lowest BCUT2D eigenvalue weighted by Gasteiger charge is -2.44. The lowest BCUT2D eigenvalue weighted by Crippen LogP contribution is -2.41. The van der Waals surface area contributed by atoms with Gasteiger partial charge in [0.2, 0.25) is 5.91 Å². The summed E-state index contributed by atoms with van der Waals surface area (Å²) < 4.78 is 26.4. The molecule has 4 rings (SSSR count). The molecule has 0 aliphatic heterocycles. The molecule has 0 spiro atoms. The number of benzene rings is 2.